The van der Waals surface area contributed by atoms with Crippen LogP contribution in [0.25, 0.3) is 0 Å². The predicted octanol–water partition coefficient (Wildman–Crippen LogP) is 1.50. The highest BCUT2D eigenvalue weighted by Gasteiger charge is 2.16. The molecule has 108 valence electrons. The molecule has 1 aromatic carbocycles. The quantitative estimate of drug-likeness (QED) is 0.366. The highest BCUT2D eigenvalue weighted by Crippen LogP contribution is 2.28. The summed E-state index contributed by atoms with van der Waals surface area (Å²) < 4.78 is 9.61. The fraction of sp³-hybridized carbons (Fsp3) is 0.333. The summed E-state index contributed by atoms with van der Waals surface area (Å²) in [6.07, 6.45) is -0.473. The Morgan fingerprint density at radius 2 is 2.10 bits per heavy atom. The van der Waals surface area contributed by atoms with Gasteiger partial charge in [-0.05, 0) is 13.0 Å². The normalized spacial score (nSPS) is 9.70. The number of carbonyl (C=O) groups is 2. The van der Waals surface area contributed by atoms with Crippen molar-refractivity contribution in [3.05, 3.63) is 28.3 Å². The molecular formula is C12H14N2O6. The Kier molecular flexibility index (Phi) is 5.45. The van der Waals surface area contributed by atoms with Gasteiger partial charge >= 0.3 is 5.97 Å². The molecule has 0 saturated carbocycles. The Bertz CT molecular complexity index is 529. The van der Waals surface area contributed by atoms with Gasteiger partial charge in [0.2, 0.25) is 5.91 Å². The van der Waals surface area contributed by atoms with Crippen molar-refractivity contribution in [1.82, 2.24) is 0 Å². The summed E-state index contributed by atoms with van der Waals surface area (Å²) in [7, 11) is 1.36. The SMILES string of the molecule is CCOC(=O)CC(=O)Nc1cc([N+](=O)[O-])ccc1OC. The molecule has 0 radical (unpaired) electrons. The van der Waals surface area contributed by atoms with Crippen molar-refractivity contribution in [2.24, 2.45) is 0 Å². The lowest BCUT2D eigenvalue weighted by molar-refractivity contribution is -0.384. The van der Waals surface area contributed by atoms with Crippen LogP contribution < -0.4 is 10.1 Å². The van der Waals surface area contributed by atoms with E-state index in [4.69, 9.17) is 4.74 Å². The molecule has 0 unspecified atom stereocenters. The van der Waals surface area contributed by atoms with Gasteiger partial charge < -0.3 is 14.8 Å². The van der Waals surface area contributed by atoms with E-state index in [0.717, 1.165) is 6.07 Å². The van der Waals surface area contributed by atoms with Crippen LogP contribution in [0.4, 0.5) is 11.4 Å². The van der Waals surface area contributed by atoms with E-state index in [-0.39, 0.29) is 23.7 Å². The zero-order chi connectivity index (χ0) is 15.1. The number of rotatable bonds is 6. The number of methoxy groups -OCH3 is 1. The van der Waals surface area contributed by atoms with Crippen LogP contribution in [0.3, 0.4) is 0 Å². The van der Waals surface area contributed by atoms with Crippen LogP contribution >= 0.6 is 0 Å². The smallest absolute Gasteiger partial charge is 0.315 e. The minimum absolute atomic E-state index is 0.121. The Labute approximate surface area is 114 Å². The second-order valence-corrected chi connectivity index (χ2v) is 3.67. The van der Waals surface area contributed by atoms with Gasteiger partial charge in [-0.15, -0.1) is 0 Å². The number of anilines is 1. The third kappa shape index (κ3) is 4.23. The van der Waals surface area contributed by atoms with Crippen LogP contribution in [-0.4, -0.2) is 30.5 Å². The fourth-order valence-electron chi connectivity index (χ4n) is 1.44. The molecule has 0 spiro atoms. The van der Waals surface area contributed by atoms with Crippen LogP contribution in [0.2, 0.25) is 0 Å². The van der Waals surface area contributed by atoms with Gasteiger partial charge in [-0.3, -0.25) is 19.7 Å². The third-order valence-electron chi connectivity index (χ3n) is 2.28. The molecule has 8 nitrogen and oxygen atoms in total. The molecule has 0 fully saturated rings. The molecule has 20 heavy (non-hydrogen) atoms. The first-order valence-corrected chi connectivity index (χ1v) is 5.75. The third-order valence-corrected chi connectivity index (χ3v) is 2.28. The van der Waals surface area contributed by atoms with E-state index >= 15 is 0 Å². The van der Waals surface area contributed by atoms with Crippen LogP contribution in [0, 0.1) is 10.1 Å². The Morgan fingerprint density at radius 1 is 1.40 bits per heavy atom. The topological polar surface area (TPSA) is 108 Å². The molecule has 0 aliphatic rings. The number of ether oxygens (including phenoxy) is 2. The first kappa shape index (κ1) is 15.4. The van der Waals surface area contributed by atoms with Gasteiger partial charge in [0.25, 0.3) is 5.69 Å². The largest absolute Gasteiger partial charge is 0.495 e. The van der Waals surface area contributed by atoms with Gasteiger partial charge in [-0.25, -0.2) is 0 Å². The molecule has 0 aliphatic heterocycles. The number of hydrogen-bond donors (Lipinski definition) is 1. The first-order valence-electron chi connectivity index (χ1n) is 5.75. The van der Waals surface area contributed by atoms with Gasteiger partial charge in [0.05, 0.1) is 24.3 Å². The van der Waals surface area contributed by atoms with E-state index < -0.39 is 23.2 Å². The van der Waals surface area contributed by atoms with Crippen molar-refractivity contribution in [1.29, 1.82) is 0 Å². The molecule has 0 bridgehead atoms. The summed E-state index contributed by atoms with van der Waals surface area (Å²) in [4.78, 5) is 32.8. The highest BCUT2D eigenvalue weighted by atomic mass is 16.6. The molecule has 0 aromatic heterocycles. The summed E-state index contributed by atoms with van der Waals surface area (Å²) in [6.45, 7) is 1.80. The van der Waals surface area contributed by atoms with E-state index in [1.165, 1.54) is 19.2 Å². The Hall–Kier alpha value is -2.64. The number of nitro benzene ring substituents is 1. The molecule has 1 amide bonds. The monoisotopic (exact) mass is 282 g/mol. The molecule has 0 atom stereocenters. The first-order chi connectivity index (χ1) is 9.47. The molecule has 1 rings (SSSR count). The van der Waals surface area contributed by atoms with Crippen LogP contribution in [0.15, 0.2) is 18.2 Å². The number of carbonyl (C=O) groups excluding carboxylic acids is 2. The van der Waals surface area contributed by atoms with Gasteiger partial charge in [0, 0.05) is 12.1 Å². The van der Waals surface area contributed by atoms with Crippen LogP contribution in [0.1, 0.15) is 13.3 Å². The van der Waals surface area contributed by atoms with Crippen molar-refractivity contribution in [3.63, 3.8) is 0 Å². The van der Waals surface area contributed by atoms with E-state index in [9.17, 15) is 19.7 Å². The van der Waals surface area contributed by atoms with Gasteiger partial charge in [0.1, 0.15) is 12.2 Å². The van der Waals surface area contributed by atoms with E-state index in [1.54, 1.807) is 6.92 Å². The van der Waals surface area contributed by atoms with Gasteiger partial charge in [0.15, 0.2) is 0 Å². The Balaban J connectivity index is 2.84. The highest BCUT2D eigenvalue weighted by molar-refractivity contribution is 6.02. The second-order valence-electron chi connectivity index (χ2n) is 3.67. The van der Waals surface area contributed by atoms with Crippen molar-refractivity contribution in [2.75, 3.05) is 19.0 Å². The Morgan fingerprint density at radius 3 is 2.65 bits per heavy atom. The molecule has 0 aliphatic carbocycles. The number of nitro groups is 1. The number of esters is 1. The van der Waals surface area contributed by atoms with Crippen molar-refractivity contribution in [3.8, 4) is 5.75 Å². The summed E-state index contributed by atoms with van der Waals surface area (Å²) in [5.74, 6) is -1.05. The van der Waals surface area contributed by atoms with E-state index in [0.29, 0.717) is 0 Å². The minimum atomic E-state index is -0.672. The van der Waals surface area contributed by atoms with Crippen LogP contribution in [-0.2, 0) is 14.3 Å². The molecule has 1 N–H and O–H groups in total. The number of nitrogens with zero attached hydrogens (tertiary/aromatic N) is 1. The molecule has 0 heterocycles. The predicted molar refractivity (Wildman–Crippen MR) is 69.5 cm³/mol. The maximum absolute atomic E-state index is 11.6. The fourth-order valence-corrected chi connectivity index (χ4v) is 1.44. The zero-order valence-electron chi connectivity index (χ0n) is 11.0. The van der Waals surface area contributed by atoms with Crippen molar-refractivity contribution in [2.45, 2.75) is 13.3 Å². The summed E-state index contributed by atoms with van der Waals surface area (Å²) in [5.41, 5.74) is -0.0757. The summed E-state index contributed by atoms with van der Waals surface area (Å²) in [6, 6.07) is 3.76. The summed E-state index contributed by atoms with van der Waals surface area (Å²) in [5, 5.41) is 13.1. The number of benzene rings is 1. The van der Waals surface area contributed by atoms with Gasteiger partial charge in [-0.1, -0.05) is 0 Å². The average molecular weight is 282 g/mol. The number of amides is 1. The molecule has 8 heteroatoms. The maximum Gasteiger partial charge on any atom is 0.315 e. The zero-order valence-corrected chi connectivity index (χ0v) is 11.0. The number of nitrogens with one attached hydrogen (secondary N) is 1. The lowest BCUT2D eigenvalue weighted by Gasteiger charge is -2.09. The van der Waals surface area contributed by atoms with E-state index in [1.807, 2.05) is 0 Å². The summed E-state index contributed by atoms with van der Waals surface area (Å²) >= 11 is 0. The molecule has 0 saturated heterocycles. The lowest BCUT2D eigenvalue weighted by Crippen LogP contribution is -2.18. The standard InChI is InChI=1S/C12H14N2O6/c1-3-20-12(16)7-11(15)13-9-6-8(14(17)18)4-5-10(9)19-2/h4-6H,3,7H2,1-2H3,(H,13,15). The second kappa shape index (κ2) is 7.07. The van der Waals surface area contributed by atoms with Crippen molar-refractivity contribution >= 4 is 23.3 Å². The average Bonchev–Trinajstić information content (AvgIpc) is 2.38. The number of hydrogen-bond acceptors (Lipinski definition) is 6. The molecule has 1 aromatic rings. The van der Waals surface area contributed by atoms with E-state index in [2.05, 4.69) is 10.1 Å². The molecular weight excluding hydrogens is 268 g/mol. The maximum atomic E-state index is 11.6. The number of non-ortho nitro benzene ring substituents is 1. The van der Waals surface area contributed by atoms with Crippen molar-refractivity contribution < 1.29 is 24.0 Å². The van der Waals surface area contributed by atoms with Gasteiger partial charge in [-0.2, -0.15) is 0 Å². The van der Waals surface area contributed by atoms with Crippen LogP contribution in [0.5, 0.6) is 5.75 Å². The lowest BCUT2D eigenvalue weighted by atomic mass is 10.2. The minimum Gasteiger partial charge on any atom is -0.495 e.